The van der Waals surface area contributed by atoms with Crippen LogP contribution in [0.5, 0.6) is 0 Å². The van der Waals surface area contributed by atoms with Crippen LogP contribution in [-0.4, -0.2) is 24.0 Å². The molecular formula is C12H15N3. The molecule has 0 N–H and O–H groups in total. The number of nitriles is 1. The van der Waals surface area contributed by atoms with Gasteiger partial charge >= 0.3 is 0 Å². The summed E-state index contributed by atoms with van der Waals surface area (Å²) in [4.78, 5) is 6.14. The summed E-state index contributed by atoms with van der Waals surface area (Å²) in [6.45, 7) is 3.86. The van der Waals surface area contributed by atoms with E-state index in [0.717, 1.165) is 17.0 Å². The van der Waals surface area contributed by atoms with E-state index in [-0.39, 0.29) is 0 Å². The van der Waals surface area contributed by atoms with Crippen LogP contribution in [0, 0.1) is 25.2 Å². The van der Waals surface area contributed by atoms with Crippen molar-refractivity contribution in [1.29, 1.82) is 5.26 Å². The largest absolute Gasteiger partial charge is 0.382 e. The fourth-order valence-corrected chi connectivity index (χ4v) is 1.42. The molecule has 0 aromatic carbocycles. The number of nitrogens with zero attached hydrogens (tertiary/aromatic N) is 3. The Bertz CT molecular complexity index is 405. The van der Waals surface area contributed by atoms with E-state index in [1.807, 2.05) is 51.2 Å². The van der Waals surface area contributed by atoms with Gasteiger partial charge in [0.2, 0.25) is 0 Å². The molecule has 0 bridgehead atoms. The normalized spacial score (nSPS) is 11.0. The summed E-state index contributed by atoms with van der Waals surface area (Å²) in [5.74, 6) is 0. The lowest BCUT2D eigenvalue weighted by Gasteiger charge is -2.07. The number of pyridine rings is 1. The Balaban J connectivity index is 3.20. The van der Waals surface area contributed by atoms with Crippen molar-refractivity contribution >= 4 is 5.57 Å². The molecule has 0 atom stereocenters. The SMILES string of the molecule is Cc1cc(C(C#N)=CN(C)C)cc(C)n1. The van der Waals surface area contributed by atoms with Gasteiger partial charge in [-0.1, -0.05) is 0 Å². The van der Waals surface area contributed by atoms with Crippen molar-refractivity contribution in [1.82, 2.24) is 9.88 Å². The van der Waals surface area contributed by atoms with Crippen molar-refractivity contribution in [3.63, 3.8) is 0 Å². The predicted octanol–water partition coefficient (Wildman–Crippen LogP) is 2.12. The van der Waals surface area contributed by atoms with Gasteiger partial charge in [0.1, 0.15) is 6.07 Å². The number of aryl methyl sites for hydroxylation is 2. The molecule has 0 aliphatic heterocycles. The first-order chi connectivity index (χ1) is 7.02. The van der Waals surface area contributed by atoms with Crippen molar-refractivity contribution in [2.75, 3.05) is 14.1 Å². The van der Waals surface area contributed by atoms with Gasteiger partial charge < -0.3 is 4.90 Å². The molecule has 0 radical (unpaired) electrons. The standard InChI is InChI=1S/C12H15N3/c1-9-5-11(6-10(2)14-9)12(7-13)8-15(3)4/h5-6,8H,1-4H3. The smallest absolute Gasteiger partial charge is 0.101 e. The summed E-state index contributed by atoms with van der Waals surface area (Å²) in [5, 5.41) is 9.04. The second kappa shape index (κ2) is 4.61. The van der Waals surface area contributed by atoms with Gasteiger partial charge in [0.05, 0.1) is 5.57 Å². The molecule has 3 heteroatoms. The number of aromatic nitrogens is 1. The summed E-state index contributed by atoms with van der Waals surface area (Å²) in [6, 6.07) is 6.04. The molecule has 1 heterocycles. The molecule has 1 rings (SSSR count). The van der Waals surface area contributed by atoms with Crippen molar-refractivity contribution in [3.8, 4) is 6.07 Å². The molecule has 0 spiro atoms. The summed E-state index contributed by atoms with van der Waals surface area (Å²) in [6.07, 6.45) is 1.81. The Morgan fingerprint density at radius 3 is 2.27 bits per heavy atom. The zero-order valence-electron chi connectivity index (χ0n) is 9.57. The van der Waals surface area contributed by atoms with Crippen LogP contribution in [0.3, 0.4) is 0 Å². The third kappa shape index (κ3) is 3.10. The summed E-state index contributed by atoms with van der Waals surface area (Å²) >= 11 is 0. The Morgan fingerprint density at radius 1 is 1.33 bits per heavy atom. The molecule has 15 heavy (non-hydrogen) atoms. The third-order valence-corrected chi connectivity index (χ3v) is 1.90. The predicted molar refractivity (Wildman–Crippen MR) is 61.0 cm³/mol. The van der Waals surface area contributed by atoms with E-state index in [1.54, 1.807) is 0 Å². The fraction of sp³-hybridized carbons (Fsp3) is 0.333. The maximum atomic E-state index is 9.04. The van der Waals surface area contributed by atoms with Crippen LogP contribution in [0.4, 0.5) is 0 Å². The summed E-state index contributed by atoms with van der Waals surface area (Å²) in [7, 11) is 3.80. The Morgan fingerprint density at radius 2 is 1.87 bits per heavy atom. The van der Waals surface area contributed by atoms with Crippen LogP contribution in [-0.2, 0) is 0 Å². The average Bonchev–Trinajstić information content (AvgIpc) is 2.12. The highest BCUT2D eigenvalue weighted by Gasteiger charge is 2.03. The molecule has 0 aliphatic rings. The monoisotopic (exact) mass is 201 g/mol. The zero-order valence-corrected chi connectivity index (χ0v) is 9.57. The van der Waals surface area contributed by atoms with Gasteiger partial charge in [-0.15, -0.1) is 0 Å². The molecule has 78 valence electrons. The van der Waals surface area contributed by atoms with E-state index >= 15 is 0 Å². The second-order valence-corrected chi connectivity index (χ2v) is 3.76. The van der Waals surface area contributed by atoms with Crippen LogP contribution in [0.15, 0.2) is 18.3 Å². The molecule has 0 saturated heterocycles. The lowest BCUT2D eigenvalue weighted by Crippen LogP contribution is -2.02. The number of rotatable bonds is 2. The van der Waals surface area contributed by atoms with Gasteiger partial charge in [-0.3, -0.25) is 4.98 Å². The van der Waals surface area contributed by atoms with Crippen molar-refractivity contribution in [3.05, 3.63) is 35.3 Å². The summed E-state index contributed by atoms with van der Waals surface area (Å²) in [5.41, 5.74) is 3.46. The van der Waals surface area contributed by atoms with Crippen molar-refractivity contribution in [2.24, 2.45) is 0 Å². The Kier molecular flexibility index (Phi) is 3.46. The molecule has 3 nitrogen and oxygen atoms in total. The third-order valence-electron chi connectivity index (χ3n) is 1.90. The lowest BCUT2D eigenvalue weighted by atomic mass is 10.1. The van der Waals surface area contributed by atoms with Crippen molar-refractivity contribution in [2.45, 2.75) is 13.8 Å². The fourth-order valence-electron chi connectivity index (χ4n) is 1.42. The number of hydrogen-bond donors (Lipinski definition) is 0. The van der Waals surface area contributed by atoms with E-state index in [4.69, 9.17) is 5.26 Å². The van der Waals surface area contributed by atoms with E-state index < -0.39 is 0 Å². The molecule has 0 unspecified atom stereocenters. The highest BCUT2D eigenvalue weighted by atomic mass is 15.0. The van der Waals surface area contributed by atoms with Gasteiger partial charge in [0.25, 0.3) is 0 Å². The highest BCUT2D eigenvalue weighted by Crippen LogP contribution is 2.15. The maximum Gasteiger partial charge on any atom is 0.101 e. The molecular weight excluding hydrogens is 186 g/mol. The number of hydrogen-bond acceptors (Lipinski definition) is 3. The minimum atomic E-state index is 0.661. The van der Waals surface area contributed by atoms with E-state index in [9.17, 15) is 0 Å². The molecule has 0 amide bonds. The number of allylic oxidation sites excluding steroid dienone is 1. The minimum Gasteiger partial charge on any atom is -0.382 e. The molecule has 0 aliphatic carbocycles. The second-order valence-electron chi connectivity index (χ2n) is 3.76. The van der Waals surface area contributed by atoms with Gasteiger partial charge in [0, 0.05) is 31.7 Å². The van der Waals surface area contributed by atoms with E-state index in [2.05, 4.69) is 11.1 Å². The van der Waals surface area contributed by atoms with Crippen LogP contribution >= 0.6 is 0 Å². The first kappa shape index (κ1) is 11.3. The van der Waals surface area contributed by atoms with Crippen LogP contribution in [0.2, 0.25) is 0 Å². The summed E-state index contributed by atoms with van der Waals surface area (Å²) < 4.78 is 0. The average molecular weight is 201 g/mol. The first-order valence-electron chi connectivity index (χ1n) is 4.77. The maximum absolute atomic E-state index is 9.04. The topological polar surface area (TPSA) is 39.9 Å². The van der Waals surface area contributed by atoms with Crippen LogP contribution < -0.4 is 0 Å². The van der Waals surface area contributed by atoms with Gasteiger partial charge in [-0.2, -0.15) is 5.26 Å². The molecule has 0 saturated carbocycles. The van der Waals surface area contributed by atoms with Gasteiger partial charge in [0.15, 0.2) is 0 Å². The first-order valence-corrected chi connectivity index (χ1v) is 4.77. The van der Waals surface area contributed by atoms with Crippen molar-refractivity contribution < 1.29 is 0 Å². The highest BCUT2D eigenvalue weighted by molar-refractivity contribution is 5.76. The molecule has 0 fully saturated rings. The van der Waals surface area contributed by atoms with E-state index in [1.165, 1.54) is 0 Å². The molecule has 1 aromatic rings. The molecule has 1 aromatic heterocycles. The quantitative estimate of drug-likeness (QED) is 0.688. The van der Waals surface area contributed by atoms with Gasteiger partial charge in [-0.05, 0) is 31.5 Å². The van der Waals surface area contributed by atoms with Crippen LogP contribution in [0.1, 0.15) is 17.0 Å². The lowest BCUT2D eigenvalue weighted by molar-refractivity contribution is 0.566. The van der Waals surface area contributed by atoms with Gasteiger partial charge in [-0.25, -0.2) is 0 Å². The van der Waals surface area contributed by atoms with E-state index in [0.29, 0.717) is 5.57 Å². The zero-order chi connectivity index (χ0) is 11.4. The Labute approximate surface area is 90.7 Å². The minimum absolute atomic E-state index is 0.661. The van der Waals surface area contributed by atoms with Crippen LogP contribution in [0.25, 0.3) is 5.57 Å². The Hall–Kier alpha value is -1.82.